The average Bonchev–Trinajstić information content (AvgIpc) is 2.46. The number of amides is 1. The summed E-state index contributed by atoms with van der Waals surface area (Å²) >= 11 is 3.38. The van der Waals surface area contributed by atoms with Gasteiger partial charge in [0.1, 0.15) is 0 Å². The topological polar surface area (TPSA) is 71.8 Å². The van der Waals surface area contributed by atoms with Crippen molar-refractivity contribution >= 4 is 32.7 Å². The van der Waals surface area contributed by atoms with Crippen LogP contribution in [0.5, 0.6) is 0 Å². The van der Waals surface area contributed by atoms with Gasteiger partial charge in [0.25, 0.3) is 0 Å². The molecule has 0 spiro atoms. The lowest BCUT2D eigenvalue weighted by Crippen LogP contribution is -2.14. The highest BCUT2D eigenvalue weighted by Crippen LogP contribution is 2.22. The first-order valence-electron chi connectivity index (χ1n) is 4.06. The second kappa shape index (κ2) is 3.42. The Labute approximate surface area is 88.6 Å². The van der Waals surface area contributed by atoms with E-state index in [0.717, 1.165) is 15.4 Å². The number of halogens is 1. The fraction of sp³-hybridized carbons (Fsp3) is 0.111. The predicted octanol–water partition coefficient (Wildman–Crippen LogP) is 1.35. The maximum Gasteiger partial charge on any atom is 0.223 e. The zero-order valence-corrected chi connectivity index (χ0v) is 8.84. The second-order valence-electron chi connectivity index (χ2n) is 3.00. The van der Waals surface area contributed by atoms with Crippen LogP contribution in [0.25, 0.3) is 10.9 Å². The van der Waals surface area contributed by atoms with E-state index in [1.54, 1.807) is 6.20 Å². The number of carbonyl (C=O) groups excluding carboxylic acids is 1. The van der Waals surface area contributed by atoms with Crippen LogP contribution in [-0.2, 0) is 11.2 Å². The highest BCUT2D eigenvalue weighted by Gasteiger charge is 2.04. The van der Waals surface area contributed by atoms with Gasteiger partial charge in [0, 0.05) is 27.8 Å². The molecular weight excluding hydrogens is 246 g/mol. The molecule has 0 saturated carbocycles. The molecule has 2 aromatic heterocycles. The predicted molar refractivity (Wildman–Crippen MR) is 56.7 cm³/mol. The van der Waals surface area contributed by atoms with Crippen molar-refractivity contribution in [3.8, 4) is 0 Å². The number of primary amides is 1. The zero-order chi connectivity index (χ0) is 10.1. The molecule has 2 rings (SSSR count). The normalized spacial score (nSPS) is 10.6. The van der Waals surface area contributed by atoms with E-state index in [1.165, 1.54) is 0 Å². The van der Waals surface area contributed by atoms with E-state index in [1.807, 2.05) is 12.3 Å². The monoisotopic (exact) mass is 253 g/mol. The van der Waals surface area contributed by atoms with Crippen molar-refractivity contribution in [3.05, 3.63) is 28.6 Å². The number of nitrogens with two attached hydrogens (primary N) is 1. The number of fused-ring (bicyclic) bond motifs is 1. The first-order valence-corrected chi connectivity index (χ1v) is 4.86. The quantitative estimate of drug-likeness (QED) is 0.849. The molecule has 0 bridgehead atoms. The van der Waals surface area contributed by atoms with Crippen molar-refractivity contribution in [3.63, 3.8) is 0 Å². The molecule has 0 radical (unpaired) electrons. The molecule has 0 aromatic carbocycles. The summed E-state index contributed by atoms with van der Waals surface area (Å²) in [6.07, 6.45) is 3.72. The number of hydrogen-bond donors (Lipinski definition) is 2. The van der Waals surface area contributed by atoms with Crippen LogP contribution in [0.1, 0.15) is 5.69 Å². The van der Waals surface area contributed by atoms with Crippen LogP contribution in [0.15, 0.2) is 22.9 Å². The van der Waals surface area contributed by atoms with Gasteiger partial charge in [-0.2, -0.15) is 0 Å². The lowest BCUT2D eigenvalue weighted by atomic mass is 10.2. The van der Waals surface area contributed by atoms with Crippen molar-refractivity contribution in [2.45, 2.75) is 6.42 Å². The number of hydrogen-bond acceptors (Lipinski definition) is 2. The smallest absolute Gasteiger partial charge is 0.223 e. The van der Waals surface area contributed by atoms with Gasteiger partial charge in [-0.25, -0.2) is 0 Å². The molecule has 5 heteroatoms. The molecule has 0 saturated heterocycles. The minimum absolute atomic E-state index is 0.173. The minimum Gasteiger partial charge on any atom is -0.369 e. The SMILES string of the molecule is NC(=O)Cc1cc2[nH]cc(Br)c2cn1. The van der Waals surface area contributed by atoms with Crippen molar-refractivity contribution < 1.29 is 4.79 Å². The van der Waals surface area contributed by atoms with Gasteiger partial charge in [-0.1, -0.05) is 0 Å². The van der Waals surface area contributed by atoms with Crippen LogP contribution < -0.4 is 5.73 Å². The van der Waals surface area contributed by atoms with E-state index < -0.39 is 0 Å². The number of rotatable bonds is 2. The van der Waals surface area contributed by atoms with E-state index in [4.69, 9.17) is 5.73 Å². The van der Waals surface area contributed by atoms with Crippen LogP contribution >= 0.6 is 15.9 Å². The molecule has 0 fully saturated rings. The van der Waals surface area contributed by atoms with E-state index in [2.05, 4.69) is 25.9 Å². The van der Waals surface area contributed by atoms with Crippen molar-refractivity contribution in [1.29, 1.82) is 0 Å². The molecule has 4 nitrogen and oxygen atoms in total. The molecule has 0 aliphatic carbocycles. The Hall–Kier alpha value is -1.36. The molecule has 0 aliphatic rings. The molecule has 3 N–H and O–H groups in total. The standard InChI is InChI=1S/C9H8BrN3O/c10-7-4-13-8-1-5(2-9(11)14)12-3-6(7)8/h1,3-4,13H,2H2,(H2,11,14). The number of nitrogens with one attached hydrogen (secondary N) is 1. The largest absolute Gasteiger partial charge is 0.369 e. The highest BCUT2D eigenvalue weighted by atomic mass is 79.9. The molecule has 72 valence electrons. The average molecular weight is 254 g/mol. The Balaban J connectivity index is 2.46. The van der Waals surface area contributed by atoms with Crippen LogP contribution in [0, 0.1) is 0 Å². The summed E-state index contributed by atoms with van der Waals surface area (Å²) in [7, 11) is 0. The molecule has 2 heterocycles. The Morgan fingerprint density at radius 3 is 3.14 bits per heavy atom. The van der Waals surface area contributed by atoms with Crippen LogP contribution in [-0.4, -0.2) is 15.9 Å². The van der Waals surface area contributed by atoms with Gasteiger partial charge in [0.05, 0.1) is 12.1 Å². The number of aromatic amines is 1. The third-order valence-electron chi connectivity index (χ3n) is 1.93. The fourth-order valence-corrected chi connectivity index (χ4v) is 1.73. The number of carbonyl (C=O) groups is 1. The van der Waals surface area contributed by atoms with E-state index in [9.17, 15) is 4.79 Å². The van der Waals surface area contributed by atoms with E-state index in [0.29, 0.717) is 5.69 Å². The lowest BCUT2D eigenvalue weighted by molar-refractivity contribution is -0.117. The first kappa shape index (κ1) is 9.21. The van der Waals surface area contributed by atoms with Crippen molar-refractivity contribution in [2.75, 3.05) is 0 Å². The number of aromatic nitrogens is 2. The summed E-state index contributed by atoms with van der Waals surface area (Å²) in [4.78, 5) is 17.9. The van der Waals surface area contributed by atoms with Crippen LogP contribution in [0.4, 0.5) is 0 Å². The lowest BCUT2D eigenvalue weighted by Gasteiger charge is -1.96. The first-order chi connectivity index (χ1) is 6.66. The molecule has 1 amide bonds. The molecule has 2 aromatic rings. The van der Waals surface area contributed by atoms with Crippen LogP contribution in [0.3, 0.4) is 0 Å². The van der Waals surface area contributed by atoms with Gasteiger partial charge >= 0.3 is 0 Å². The van der Waals surface area contributed by atoms with Crippen molar-refractivity contribution in [2.24, 2.45) is 5.73 Å². The van der Waals surface area contributed by atoms with Crippen molar-refractivity contribution in [1.82, 2.24) is 9.97 Å². The summed E-state index contributed by atoms with van der Waals surface area (Å²) in [6.45, 7) is 0. The van der Waals surface area contributed by atoms with Gasteiger partial charge < -0.3 is 10.7 Å². The Morgan fingerprint density at radius 2 is 2.43 bits per heavy atom. The molecule has 14 heavy (non-hydrogen) atoms. The van der Waals surface area contributed by atoms with Gasteiger partial charge in [0.2, 0.25) is 5.91 Å². The van der Waals surface area contributed by atoms with Gasteiger partial charge in [-0.3, -0.25) is 9.78 Å². The number of H-pyrrole nitrogens is 1. The molecule has 0 unspecified atom stereocenters. The van der Waals surface area contributed by atoms with Gasteiger partial charge in [-0.15, -0.1) is 0 Å². The third-order valence-corrected chi connectivity index (χ3v) is 2.58. The summed E-state index contributed by atoms with van der Waals surface area (Å²) < 4.78 is 0.964. The van der Waals surface area contributed by atoms with Gasteiger partial charge in [-0.05, 0) is 22.0 Å². The number of nitrogens with zero attached hydrogens (tertiary/aromatic N) is 1. The molecule has 0 aliphatic heterocycles. The highest BCUT2D eigenvalue weighted by molar-refractivity contribution is 9.10. The summed E-state index contributed by atoms with van der Waals surface area (Å²) in [5.74, 6) is -0.373. The summed E-state index contributed by atoms with van der Waals surface area (Å²) in [6, 6.07) is 1.82. The van der Waals surface area contributed by atoms with Crippen LogP contribution in [0.2, 0.25) is 0 Å². The summed E-state index contributed by atoms with van der Waals surface area (Å²) in [5.41, 5.74) is 6.70. The van der Waals surface area contributed by atoms with E-state index in [-0.39, 0.29) is 12.3 Å². The molecular formula is C9H8BrN3O. The number of pyridine rings is 1. The Morgan fingerprint density at radius 1 is 1.64 bits per heavy atom. The third kappa shape index (κ3) is 1.63. The maximum absolute atomic E-state index is 10.7. The van der Waals surface area contributed by atoms with Gasteiger partial charge in [0.15, 0.2) is 0 Å². The van der Waals surface area contributed by atoms with E-state index >= 15 is 0 Å². The Kier molecular flexibility index (Phi) is 2.25. The Bertz CT molecular complexity index is 492. The zero-order valence-electron chi connectivity index (χ0n) is 7.25. The minimum atomic E-state index is -0.373. The maximum atomic E-state index is 10.7. The second-order valence-corrected chi connectivity index (χ2v) is 3.86. The molecule has 0 atom stereocenters. The summed E-state index contributed by atoms with van der Waals surface area (Å²) in [5, 5.41) is 0.998. The fourth-order valence-electron chi connectivity index (χ4n) is 1.30.